The lowest BCUT2D eigenvalue weighted by Gasteiger charge is -2.12. The highest BCUT2D eigenvalue weighted by Gasteiger charge is 2.12. The predicted octanol–water partition coefficient (Wildman–Crippen LogP) is 3.27. The number of nitrogens with one attached hydrogen (secondary N) is 1. The van der Waals surface area contributed by atoms with Crippen molar-refractivity contribution < 1.29 is 14.7 Å². The van der Waals surface area contributed by atoms with Crippen LogP contribution in [0.1, 0.15) is 27.0 Å². The molecule has 2 aromatic rings. The van der Waals surface area contributed by atoms with Gasteiger partial charge < -0.3 is 10.4 Å². The molecule has 2 rings (SSSR count). The molecule has 0 fully saturated rings. The second-order valence-electron chi connectivity index (χ2n) is 4.58. The number of carboxylic acids is 1. The van der Waals surface area contributed by atoms with Crippen molar-refractivity contribution in [3.8, 4) is 0 Å². The lowest BCUT2D eigenvalue weighted by atomic mass is 10.1. The molecule has 0 radical (unpaired) electrons. The third-order valence-corrected chi connectivity index (χ3v) is 4.52. The molecule has 4 nitrogen and oxygen atoms in total. The summed E-state index contributed by atoms with van der Waals surface area (Å²) >= 11 is 2.91. The van der Waals surface area contributed by atoms with E-state index in [2.05, 4.69) is 10.7 Å². The second-order valence-corrected chi connectivity index (χ2v) is 6.48. The van der Waals surface area contributed by atoms with Gasteiger partial charge in [-0.25, -0.2) is 4.79 Å². The molecule has 0 saturated carbocycles. The molecule has 110 valence electrons. The first kappa shape index (κ1) is 15.5. The van der Waals surface area contributed by atoms with Gasteiger partial charge >= 0.3 is 5.97 Å². The van der Waals surface area contributed by atoms with Crippen molar-refractivity contribution in [1.82, 2.24) is 5.32 Å². The fourth-order valence-corrected chi connectivity index (χ4v) is 3.32. The van der Waals surface area contributed by atoms with Crippen LogP contribution in [0.3, 0.4) is 0 Å². The average Bonchev–Trinajstić information content (AvgIpc) is 3.06. The molecule has 2 heterocycles. The van der Waals surface area contributed by atoms with Gasteiger partial charge in [-0.3, -0.25) is 4.79 Å². The highest BCUT2D eigenvalue weighted by molar-refractivity contribution is 7.14. The van der Waals surface area contributed by atoms with E-state index in [1.165, 1.54) is 23.0 Å². The zero-order chi connectivity index (χ0) is 15.2. The quantitative estimate of drug-likeness (QED) is 0.803. The van der Waals surface area contributed by atoms with Crippen LogP contribution in [-0.4, -0.2) is 23.0 Å². The van der Waals surface area contributed by atoms with Gasteiger partial charge in [-0.2, -0.15) is 11.3 Å². The van der Waals surface area contributed by atoms with E-state index in [-0.39, 0.29) is 11.9 Å². The second kappa shape index (κ2) is 7.19. The Labute approximate surface area is 130 Å². The molecule has 0 bridgehead atoms. The highest BCUT2D eigenvalue weighted by atomic mass is 32.1. The number of hydrogen-bond acceptors (Lipinski definition) is 4. The molecule has 0 aliphatic rings. The first-order valence-electron chi connectivity index (χ1n) is 6.37. The minimum atomic E-state index is -1.00. The van der Waals surface area contributed by atoms with Crippen LogP contribution in [0.2, 0.25) is 0 Å². The number of thiophene rings is 2. The Kier molecular flexibility index (Phi) is 5.30. The molecule has 6 heteroatoms. The highest BCUT2D eigenvalue weighted by Crippen LogP contribution is 2.18. The van der Waals surface area contributed by atoms with Crippen LogP contribution in [0.15, 0.2) is 35.0 Å². The SMILES string of the molecule is CC(Cc1ccsc1)NC(=O)c1ccc(C=CC(=O)O)s1. The van der Waals surface area contributed by atoms with Gasteiger partial charge in [0.05, 0.1) is 4.88 Å². The number of amides is 1. The molecule has 0 aliphatic carbocycles. The summed E-state index contributed by atoms with van der Waals surface area (Å²) in [6.07, 6.45) is 3.34. The summed E-state index contributed by atoms with van der Waals surface area (Å²) in [7, 11) is 0. The van der Waals surface area contributed by atoms with Crippen molar-refractivity contribution in [3.05, 3.63) is 50.4 Å². The van der Waals surface area contributed by atoms with E-state index in [9.17, 15) is 9.59 Å². The van der Waals surface area contributed by atoms with E-state index in [4.69, 9.17) is 5.11 Å². The molecule has 21 heavy (non-hydrogen) atoms. The van der Waals surface area contributed by atoms with Gasteiger partial charge in [0.15, 0.2) is 0 Å². The molecule has 2 N–H and O–H groups in total. The molecule has 0 saturated heterocycles. The van der Waals surface area contributed by atoms with Crippen LogP contribution in [0.25, 0.3) is 6.08 Å². The van der Waals surface area contributed by atoms with Gasteiger partial charge in [-0.15, -0.1) is 11.3 Å². The van der Waals surface area contributed by atoms with Crippen molar-refractivity contribution in [2.24, 2.45) is 0 Å². The Bertz CT molecular complexity index is 644. The van der Waals surface area contributed by atoms with E-state index in [1.54, 1.807) is 23.5 Å². The predicted molar refractivity (Wildman–Crippen MR) is 85.9 cm³/mol. The third kappa shape index (κ3) is 4.84. The topological polar surface area (TPSA) is 66.4 Å². The molecule has 0 spiro atoms. The number of rotatable bonds is 6. The summed E-state index contributed by atoms with van der Waals surface area (Å²) in [5.41, 5.74) is 1.21. The van der Waals surface area contributed by atoms with Crippen molar-refractivity contribution >= 4 is 40.6 Å². The Morgan fingerprint density at radius 1 is 1.38 bits per heavy atom. The summed E-state index contributed by atoms with van der Waals surface area (Å²) < 4.78 is 0. The maximum atomic E-state index is 12.1. The standard InChI is InChI=1S/C15H15NO3S2/c1-10(8-11-6-7-20-9-11)16-15(19)13-4-2-12(21-13)3-5-14(17)18/h2-7,9-10H,8H2,1H3,(H,16,19)(H,17,18). The van der Waals surface area contributed by atoms with E-state index in [0.717, 1.165) is 17.4 Å². The van der Waals surface area contributed by atoms with Crippen molar-refractivity contribution in [1.29, 1.82) is 0 Å². The van der Waals surface area contributed by atoms with Crippen LogP contribution >= 0.6 is 22.7 Å². The third-order valence-electron chi connectivity index (χ3n) is 2.74. The minimum Gasteiger partial charge on any atom is -0.478 e. The summed E-state index contributed by atoms with van der Waals surface area (Å²) in [5, 5.41) is 15.6. The Hall–Kier alpha value is -1.92. The fraction of sp³-hybridized carbons (Fsp3) is 0.200. The number of carbonyl (C=O) groups excluding carboxylic acids is 1. The smallest absolute Gasteiger partial charge is 0.328 e. The maximum Gasteiger partial charge on any atom is 0.328 e. The fourth-order valence-electron chi connectivity index (χ4n) is 1.83. The lowest BCUT2D eigenvalue weighted by molar-refractivity contribution is -0.131. The number of carbonyl (C=O) groups is 2. The first-order valence-corrected chi connectivity index (χ1v) is 8.13. The van der Waals surface area contributed by atoms with Crippen LogP contribution in [0, 0.1) is 0 Å². The summed E-state index contributed by atoms with van der Waals surface area (Å²) in [4.78, 5) is 23.9. The summed E-state index contributed by atoms with van der Waals surface area (Å²) in [6, 6.07) is 5.54. The molecule has 2 aromatic heterocycles. The molecular formula is C15H15NO3S2. The molecule has 1 unspecified atom stereocenters. The van der Waals surface area contributed by atoms with Gasteiger partial charge in [0.2, 0.25) is 0 Å². The van der Waals surface area contributed by atoms with Crippen molar-refractivity contribution in [3.63, 3.8) is 0 Å². The van der Waals surface area contributed by atoms with Crippen molar-refractivity contribution in [2.45, 2.75) is 19.4 Å². The first-order chi connectivity index (χ1) is 10.0. The number of aliphatic carboxylic acids is 1. The van der Waals surface area contributed by atoms with Gasteiger partial charge in [0.1, 0.15) is 0 Å². The van der Waals surface area contributed by atoms with Gasteiger partial charge in [0.25, 0.3) is 5.91 Å². The molecular weight excluding hydrogens is 306 g/mol. The molecule has 0 aromatic carbocycles. The number of hydrogen-bond donors (Lipinski definition) is 2. The van der Waals surface area contributed by atoms with E-state index in [1.807, 2.05) is 18.4 Å². The Balaban J connectivity index is 1.92. The van der Waals surface area contributed by atoms with E-state index in [0.29, 0.717) is 4.88 Å². The minimum absolute atomic E-state index is 0.0483. The Morgan fingerprint density at radius 3 is 2.86 bits per heavy atom. The van der Waals surface area contributed by atoms with E-state index < -0.39 is 5.97 Å². The van der Waals surface area contributed by atoms with Gasteiger partial charge in [0, 0.05) is 17.0 Å². The van der Waals surface area contributed by atoms with E-state index >= 15 is 0 Å². The maximum absolute atomic E-state index is 12.1. The van der Waals surface area contributed by atoms with Crippen LogP contribution < -0.4 is 5.32 Å². The van der Waals surface area contributed by atoms with Gasteiger partial charge in [-0.1, -0.05) is 0 Å². The monoisotopic (exact) mass is 321 g/mol. The zero-order valence-electron chi connectivity index (χ0n) is 11.4. The van der Waals surface area contributed by atoms with Crippen molar-refractivity contribution in [2.75, 3.05) is 0 Å². The normalized spacial score (nSPS) is 12.4. The van der Waals surface area contributed by atoms with Gasteiger partial charge in [-0.05, 0) is 53.9 Å². The van der Waals surface area contributed by atoms with Crippen LogP contribution in [-0.2, 0) is 11.2 Å². The molecule has 1 amide bonds. The van der Waals surface area contributed by atoms with Crippen LogP contribution in [0.5, 0.6) is 0 Å². The number of carboxylic acid groups (broad SMARTS) is 1. The average molecular weight is 321 g/mol. The summed E-state index contributed by atoms with van der Waals surface area (Å²) in [5.74, 6) is -1.13. The molecule has 1 atom stereocenters. The molecule has 0 aliphatic heterocycles. The van der Waals surface area contributed by atoms with Crippen LogP contribution in [0.4, 0.5) is 0 Å². The largest absolute Gasteiger partial charge is 0.478 e. The zero-order valence-corrected chi connectivity index (χ0v) is 13.0. The summed E-state index contributed by atoms with van der Waals surface area (Å²) in [6.45, 7) is 1.97. The lowest BCUT2D eigenvalue weighted by Crippen LogP contribution is -2.33. The Morgan fingerprint density at radius 2 is 2.19 bits per heavy atom.